The van der Waals surface area contributed by atoms with Crippen LogP contribution < -0.4 is 4.90 Å². The van der Waals surface area contributed by atoms with Crippen LogP contribution in [0, 0.1) is 5.92 Å². The quantitative estimate of drug-likeness (QED) is 0.166. The summed E-state index contributed by atoms with van der Waals surface area (Å²) in [4.78, 5) is 2.36. The molecule has 1 unspecified atom stereocenters. The molecule has 2 nitrogen and oxygen atoms in total. The summed E-state index contributed by atoms with van der Waals surface area (Å²) in [5, 5.41) is 2.52. The van der Waals surface area contributed by atoms with Crippen molar-refractivity contribution in [1.82, 2.24) is 4.57 Å². The first-order valence-electron chi connectivity index (χ1n) is 17.8. The minimum Gasteiger partial charge on any atom is -0.310 e. The second kappa shape index (κ2) is 13.2. The average molecular weight is 655 g/mol. The number of hydrogen-bond acceptors (Lipinski definition) is 1. The summed E-state index contributed by atoms with van der Waals surface area (Å²) in [5.41, 5.74) is 13.2. The second-order valence-corrected chi connectivity index (χ2v) is 13.5. The van der Waals surface area contributed by atoms with Crippen LogP contribution in [0.2, 0.25) is 0 Å². The summed E-state index contributed by atoms with van der Waals surface area (Å²) in [5.74, 6) is 0.720. The van der Waals surface area contributed by atoms with Gasteiger partial charge in [0.1, 0.15) is 0 Å². The Morgan fingerprint density at radius 2 is 0.961 bits per heavy atom. The molecule has 244 valence electrons. The Morgan fingerprint density at radius 1 is 0.451 bits per heavy atom. The van der Waals surface area contributed by atoms with Crippen molar-refractivity contribution >= 4 is 44.6 Å². The van der Waals surface area contributed by atoms with Gasteiger partial charge < -0.3 is 9.47 Å². The Balaban J connectivity index is 1.12. The summed E-state index contributed by atoms with van der Waals surface area (Å²) < 4.78 is 2.45. The van der Waals surface area contributed by atoms with Crippen LogP contribution in [-0.2, 0) is 0 Å². The van der Waals surface area contributed by atoms with Crippen LogP contribution in [0.4, 0.5) is 17.1 Å². The number of aromatic nitrogens is 1. The van der Waals surface area contributed by atoms with Crippen LogP contribution in [-0.4, -0.2) is 4.57 Å². The van der Waals surface area contributed by atoms with E-state index in [2.05, 4.69) is 217 Å². The van der Waals surface area contributed by atoms with Gasteiger partial charge in [-0.2, -0.15) is 0 Å². The number of hydrogen-bond donors (Lipinski definition) is 0. The summed E-state index contributed by atoms with van der Waals surface area (Å²) in [6.07, 6.45) is 7.14. The van der Waals surface area contributed by atoms with Crippen molar-refractivity contribution in [2.45, 2.75) is 12.8 Å². The van der Waals surface area contributed by atoms with Crippen molar-refractivity contribution in [1.29, 1.82) is 0 Å². The number of fused-ring (bicyclic) bond motifs is 3. The number of para-hydroxylation sites is 2. The van der Waals surface area contributed by atoms with Gasteiger partial charge in [0.15, 0.2) is 0 Å². The highest BCUT2D eigenvalue weighted by Gasteiger charge is 2.22. The Labute approximate surface area is 299 Å². The Hall–Kier alpha value is -6.38. The van der Waals surface area contributed by atoms with Gasteiger partial charge in [-0.1, -0.05) is 159 Å². The summed E-state index contributed by atoms with van der Waals surface area (Å²) in [6.45, 7) is 2.33. The van der Waals surface area contributed by atoms with E-state index in [0.29, 0.717) is 11.8 Å². The maximum atomic E-state index is 2.45. The zero-order valence-corrected chi connectivity index (χ0v) is 28.6. The predicted octanol–water partition coefficient (Wildman–Crippen LogP) is 13.4. The minimum absolute atomic E-state index is 0.358. The highest BCUT2D eigenvalue weighted by atomic mass is 15.1. The molecule has 0 fully saturated rings. The first kappa shape index (κ1) is 30.7. The van der Waals surface area contributed by atoms with Crippen LogP contribution in [0.3, 0.4) is 0 Å². The van der Waals surface area contributed by atoms with Crippen LogP contribution in [0.15, 0.2) is 200 Å². The van der Waals surface area contributed by atoms with E-state index >= 15 is 0 Å². The molecule has 1 aromatic heterocycles. The van der Waals surface area contributed by atoms with Crippen LogP contribution in [0.25, 0.3) is 49.8 Å². The van der Waals surface area contributed by atoms with E-state index in [1.165, 1.54) is 55.3 Å². The van der Waals surface area contributed by atoms with Crippen LogP contribution >= 0.6 is 0 Å². The molecule has 8 aromatic rings. The Morgan fingerprint density at radius 3 is 1.63 bits per heavy atom. The predicted molar refractivity (Wildman–Crippen MR) is 217 cm³/mol. The number of rotatable bonds is 7. The normalized spacial score (nSPS) is 15.6. The molecule has 51 heavy (non-hydrogen) atoms. The largest absolute Gasteiger partial charge is 0.310 e. The van der Waals surface area contributed by atoms with Crippen molar-refractivity contribution < 1.29 is 0 Å². The molecule has 9 rings (SSSR count). The molecule has 0 amide bonds. The van der Waals surface area contributed by atoms with E-state index in [9.17, 15) is 0 Å². The maximum Gasteiger partial charge on any atom is 0.0561 e. The topological polar surface area (TPSA) is 8.17 Å². The Kier molecular flexibility index (Phi) is 7.91. The average Bonchev–Trinajstić information content (AvgIpc) is 3.53. The summed E-state index contributed by atoms with van der Waals surface area (Å²) >= 11 is 0. The number of allylic oxidation sites excluding steroid dienone is 4. The zero-order chi connectivity index (χ0) is 34.1. The lowest BCUT2D eigenvalue weighted by molar-refractivity contribution is 0.635. The molecule has 0 saturated heterocycles. The fourth-order valence-corrected chi connectivity index (χ4v) is 7.73. The lowest BCUT2D eigenvalue weighted by Gasteiger charge is -2.26. The van der Waals surface area contributed by atoms with Crippen molar-refractivity contribution in [3.63, 3.8) is 0 Å². The molecule has 1 heterocycles. The van der Waals surface area contributed by atoms with Crippen LogP contribution in [0.1, 0.15) is 18.4 Å². The van der Waals surface area contributed by atoms with Gasteiger partial charge >= 0.3 is 0 Å². The number of benzene rings is 7. The van der Waals surface area contributed by atoms with Gasteiger partial charge in [0.25, 0.3) is 0 Å². The van der Waals surface area contributed by atoms with Crippen molar-refractivity contribution in [3.05, 3.63) is 206 Å². The molecule has 1 aliphatic rings. The molecular formula is C49H38N2. The Bertz CT molecular complexity index is 2510. The molecular weight excluding hydrogens is 617 g/mol. The van der Waals surface area contributed by atoms with Gasteiger partial charge in [-0.05, 0) is 82.3 Å². The highest BCUT2D eigenvalue weighted by molar-refractivity contribution is 6.11. The van der Waals surface area contributed by atoms with Gasteiger partial charge in [-0.25, -0.2) is 0 Å². The maximum absolute atomic E-state index is 2.45. The lowest BCUT2D eigenvalue weighted by atomic mass is 9.83. The third-order valence-electron chi connectivity index (χ3n) is 10.3. The van der Waals surface area contributed by atoms with Crippen molar-refractivity contribution in [2.75, 3.05) is 4.90 Å². The third kappa shape index (κ3) is 5.75. The van der Waals surface area contributed by atoms with Gasteiger partial charge in [0.2, 0.25) is 0 Å². The van der Waals surface area contributed by atoms with Gasteiger partial charge in [0, 0.05) is 39.4 Å². The first-order chi connectivity index (χ1) is 25.2. The molecule has 0 N–H and O–H groups in total. The lowest BCUT2D eigenvalue weighted by Crippen LogP contribution is -2.11. The molecule has 0 spiro atoms. The first-order valence-corrected chi connectivity index (χ1v) is 17.8. The molecule has 2 heteroatoms. The third-order valence-corrected chi connectivity index (χ3v) is 10.3. The van der Waals surface area contributed by atoms with E-state index < -0.39 is 0 Å². The van der Waals surface area contributed by atoms with E-state index in [4.69, 9.17) is 0 Å². The van der Waals surface area contributed by atoms with E-state index in [0.717, 1.165) is 17.1 Å². The molecule has 0 aliphatic heterocycles. The fraction of sp³-hybridized carbons (Fsp3) is 0.0612. The van der Waals surface area contributed by atoms with Gasteiger partial charge in [-0.15, -0.1) is 0 Å². The molecule has 2 atom stereocenters. The number of anilines is 3. The minimum atomic E-state index is 0.358. The van der Waals surface area contributed by atoms with E-state index in [1.54, 1.807) is 0 Å². The van der Waals surface area contributed by atoms with Crippen molar-refractivity contribution in [3.8, 4) is 22.3 Å². The molecule has 1 aliphatic carbocycles. The molecule has 0 saturated carbocycles. The zero-order valence-electron chi connectivity index (χ0n) is 28.6. The van der Waals surface area contributed by atoms with Crippen molar-refractivity contribution in [2.24, 2.45) is 5.92 Å². The molecule has 0 radical (unpaired) electrons. The monoisotopic (exact) mass is 654 g/mol. The summed E-state index contributed by atoms with van der Waals surface area (Å²) in [6, 6.07) is 65.6. The fourth-order valence-electron chi connectivity index (χ4n) is 7.73. The molecule has 0 bridgehead atoms. The standard InChI is InChI=1S/C49H38N2/c1-35-33-43(29-31-45(35)40-15-7-3-8-16-40)51-48-20-12-11-19-46(48)47-32-30-44(34-49(47)51)50(41-17-9-4-10-18-41)42-27-25-39(26-28-42)38-23-21-37(22-24-38)36-13-5-2-6-14-36/h2-35,45H,1H3/t35?,45-/m1/s1. The van der Waals surface area contributed by atoms with E-state index in [1.807, 2.05) is 0 Å². The smallest absolute Gasteiger partial charge is 0.0561 e. The molecule has 7 aromatic carbocycles. The SMILES string of the molecule is CC1C=C(n2c3ccccc3c3ccc(N(c4ccccc4)c4ccc(-c5ccc(-c6ccccc6)cc5)cc4)cc32)C=C[C@H]1c1ccccc1. The summed E-state index contributed by atoms with van der Waals surface area (Å²) in [7, 11) is 0. The van der Waals surface area contributed by atoms with Crippen LogP contribution in [0.5, 0.6) is 0 Å². The van der Waals surface area contributed by atoms with Gasteiger partial charge in [-0.3, -0.25) is 0 Å². The number of nitrogens with zero attached hydrogens (tertiary/aromatic N) is 2. The highest BCUT2D eigenvalue weighted by Crippen LogP contribution is 2.42. The second-order valence-electron chi connectivity index (χ2n) is 13.5. The van der Waals surface area contributed by atoms with Gasteiger partial charge in [0.05, 0.1) is 11.0 Å². The van der Waals surface area contributed by atoms with E-state index in [-0.39, 0.29) is 0 Å².